The quantitative estimate of drug-likeness (QED) is 0.456. The van der Waals surface area contributed by atoms with Crippen LogP contribution in [0.25, 0.3) is 0 Å². The van der Waals surface area contributed by atoms with Crippen LogP contribution in [-0.2, 0) is 6.42 Å². The predicted molar refractivity (Wildman–Crippen MR) is 73.1 cm³/mol. The van der Waals surface area contributed by atoms with Gasteiger partial charge in [-0.05, 0) is 30.2 Å². The van der Waals surface area contributed by atoms with Gasteiger partial charge in [-0.15, -0.1) is 0 Å². The maximum Gasteiger partial charge on any atom is 0.269 e. The molecule has 0 aromatic heterocycles. The van der Waals surface area contributed by atoms with Gasteiger partial charge in [-0.2, -0.15) is 10.2 Å². The Morgan fingerprint density at radius 2 is 1.74 bits per heavy atom. The highest BCUT2D eigenvalue weighted by atomic mass is 16.6. The molecule has 0 heterocycles. The molecule has 0 saturated heterocycles. The minimum Gasteiger partial charge on any atom is -0.258 e. The Morgan fingerprint density at radius 1 is 1.05 bits per heavy atom. The molecule has 0 aliphatic heterocycles. The first-order chi connectivity index (χ1) is 9.20. The van der Waals surface area contributed by atoms with Crippen molar-refractivity contribution in [2.45, 2.75) is 13.3 Å². The van der Waals surface area contributed by atoms with Gasteiger partial charge >= 0.3 is 0 Å². The van der Waals surface area contributed by atoms with E-state index in [9.17, 15) is 10.1 Å². The van der Waals surface area contributed by atoms with Crippen molar-refractivity contribution in [1.82, 2.24) is 0 Å². The second kappa shape index (κ2) is 5.86. The lowest BCUT2D eigenvalue weighted by Gasteiger charge is -2.00. The van der Waals surface area contributed by atoms with E-state index in [4.69, 9.17) is 0 Å². The zero-order valence-electron chi connectivity index (χ0n) is 10.5. The molecule has 0 fully saturated rings. The maximum absolute atomic E-state index is 10.5. The molecule has 0 spiro atoms. The van der Waals surface area contributed by atoms with Crippen LogP contribution < -0.4 is 0 Å². The number of aryl methyl sites for hydroxylation is 1. The largest absolute Gasteiger partial charge is 0.269 e. The smallest absolute Gasteiger partial charge is 0.258 e. The second-order valence-corrected chi connectivity index (χ2v) is 3.96. The molecule has 0 aliphatic carbocycles. The van der Waals surface area contributed by atoms with E-state index in [0.717, 1.165) is 17.7 Å². The Hall–Kier alpha value is -2.56. The number of hydrogen-bond acceptors (Lipinski definition) is 4. The average Bonchev–Trinajstić information content (AvgIpc) is 2.45. The van der Waals surface area contributed by atoms with Crippen LogP contribution in [0.3, 0.4) is 0 Å². The number of azo groups is 1. The van der Waals surface area contributed by atoms with Gasteiger partial charge in [0.1, 0.15) is 0 Å². The lowest BCUT2D eigenvalue weighted by molar-refractivity contribution is -0.384. The van der Waals surface area contributed by atoms with Gasteiger partial charge in [-0.1, -0.05) is 25.1 Å². The molecule has 0 atom stereocenters. The molecule has 2 aromatic carbocycles. The summed E-state index contributed by atoms with van der Waals surface area (Å²) >= 11 is 0. The normalized spacial score (nSPS) is 10.8. The van der Waals surface area contributed by atoms with Crippen LogP contribution in [0.4, 0.5) is 17.1 Å². The molecule has 0 saturated carbocycles. The molecule has 2 aromatic rings. The molecular weight excluding hydrogens is 242 g/mol. The fourth-order valence-corrected chi connectivity index (χ4v) is 1.66. The van der Waals surface area contributed by atoms with Gasteiger partial charge in [0.05, 0.1) is 16.3 Å². The molecule has 0 unspecified atom stereocenters. The number of nitro benzene ring substituents is 1. The Labute approximate surface area is 110 Å². The van der Waals surface area contributed by atoms with Gasteiger partial charge in [-0.25, -0.2) is 0 Å². The standard InChI is InChI=1S/C14H13N3O2/c1-2-11-5-3-4-6-14(11)16-15-12-7-9-13(10-8-12)17(18)19/h3-10H,2H2,1H3. The van der Waals surface area contributed by atoms with Crippen molar-refractivity contribution in [3.8, 4) is 0 Å². The van der Waals surface area contributed by atoms with Crippen molar-refractivity contribution >= 4 is 17.1 Å². The number of non-ortho nitro benzene ring substituents is 1. The molecule has 0 bridgehead atoms. The molecule has 96 valence electrons. The monoisotopic (exact) mass is 255 g/mol. The fourth-order valence-electron chi connectivity index (χ4n) is 1.66. The fraction of sp³-hybridized carbons (Fsp3) is 0.143. The van der Waals surface area contributed by atoms with Gasteiger partial charge in [0.2, 0.25) is 0 Å². The summed E-state index contributed by atoms with van der Waals surface area (Å²) in [5.41, 5.74) is 2.58. The molecule has 5 heteroatoms. The van der Waals surface area contributed by atoms with Gasteiger partial charge in [0.15, 0.2) is 0 Å². The first-order valence-corrected chi connectivity index (χ1v) is 5.95. The summed E-state index contributed by atoms with van der Waals surface area (Å²) in [7, 11) is 0. The van der Waals surface area contributed by atoms with Crippen LogP contribution in [0.1, 0.15) is 12.5 Å². The van der Waals surface area contributed by atoms with Gasteiger partial charge in [0, 0.05) is 12.1 Å². The maximum atomic E-state index is 10.5. The summed E-state index contributed by atoms with van der Waals surface area (Å²) in [5, 5.41) is 18.8. The molecular formula is C14H13N3O2. The number of nitrogens with zero attached hydrogens (tertiary/aromatic N) is 3. The molecule has 0 aliphatic rings. The molecule has 5 nitrogen and oxygen atoms in total. The van der Waals surface area contributed by atoms with Crippen LogP contribution in [0.15, 0.2) is 58.8 Å². The SMILES string of the molecule is CCc1ccccc1N=Nc1ccc([N+](=O)[O-])cc1. The Balaban J connectivity index is 2.20. The highest BCUT2D eigenvalue weighted by Gasteiger charge is 2.03. The highest BCUT2D eigenvalue weighted by Crippen LogP contribution is 2.23. The minimum atomic E-state index is -0.437. The third-order valence-corrected chi connectivity index (χ3v) is 2.71. The summed E-state index contributed by atoms with van der Waals surface area (Å²) in [6, 6.07) is 13.8. The van der Waals surface area contributed by atoms with E-state index in [-0.39, 0.29) is 5.69 Å². The van der Waals surface area contributed by atoms with E-state index in [1.807, 2.05) is 24.3 Å². The van der Waals surface area contributed by atoms with E-state index >= 15 is 0 Å². The summed E-state index contributed by atoms with van der Waals surface area (Å²) < 4.78 is 0. The number of hydrogen-bond donors (Lipinski definition) is 0. The summed E-state index contributed by atoms with van der Waals surface area (Å²) in [6.07, 6.45) is 0.884. The van der Waals surface area contributed by atoms with Crippen LogP contribution in [0.5, 0.6) is 0 Å². The zero-order chi connectivity index (χ0) is 13.7. The van der Waals surface area contributed by atoms with E-state index < -0.39 is 4.92 Å². The minimum absolute atomic E-state index is 0.0490. The first-order valence-electron chi connectivity index (χ1n) is 5.95. The Morgan fingerprint density at radius 3 is 2.37 bits per heavy atom. The highest BCUT2D eigenvalue weighted by molar-refractivity contribution is 5.47. The van der Waals surface area contributed by atoms with E-state index in [1.165, 1.54) is 12.1 Å². The van der Waals surface area contributed by atoms with E-state index in [0.29, 0.717) is 5.69 Å². The lowest BCUT2D eigenvalue weighted by Crippen LogP contribution is -1.85. The number of benzene rings is 2. The third-order valence-electron chi connectivity index (χ3n) is 2.71. The lowest BCUT2D eigenvalue weighted by atomic mass is 10.1. The Kier molecular flexibility index (Phi) is 3.97. The van der Waals surface area contributed by atoms with Crippen molar-refractivity contribution in [3.05, 3.63) is 64.2 Å². The van der Waals surface area contributed by atoms with Crippen molar-refractivity contribution in [1.29, 1.82) is 0 Å². The summed E-state index contributed by atoms with van der Waals surface area (Å²) in [6.45, 7) is 2.06. The number of nitro groups is 1. The molecule has 0 N–H and O–H groups in total. The topological polar surface area (TPSA) is 67.9 Å². The number of rotatable bonds is 4. The zero-order valence-corrected chi connectivity index (χ0v) is 10.5. The van der Waals surface area contributed by atoms with Crippen LogP contribution in [0.2, 0.25) is 0 Å². The van der Waals surface area contributed by atoms with Gasteiger partial charge in [-0.3, -0.25) is 10.1 Å². The summed E-state index contributed by atoms with van der Waals surface area (Å²) in [5.74, 6) is 0. The second-order valence-electron chi connectivity index (χ2n) is 3.96. The average molecular weight is 255 g/mol. The van der Waals surface area contributed by atoms with Gasteiger partial charge < -0.3 is 0 Å². The molecule has 2 rings (SSSR count). The van der Waals surface area contributed by atoms with Crippen molar-refractivity contribution in [3.63, 3.8) is 0 Å². The van der Waals surface area contributed by atoms with E-state index in [2.05, 4.69) is 17.2 Å². The third kappa shape index (κ3) is 3.22. The van der Waals surface area contributed by atoms with Gasteiger partial charge in [0.25, 0.3) is 5.69 Å². The molecule has 0 amide bonds. The van der Waals surface area contributed by atoms with Crippen LogP contribution in [-0.4, -0.2) is 4.92 Å². The molecule has 19 heavy (non-hydrogen) atoms. The van der Waals surface area contributed by atoms with Crippen molar-refractivity contribution < 1.29 is 4.92 Å². The molecule has 0 radical (unpaired) electrons. The van der Waals surface area contributed by atoms with Crippen molar-refractivity contribution in [2.24, 2.45) is 10.2 Å². The van der Waals surface area contributed by atoms with E-state index in [1.54, 1.807) is 12.1 Å². The first kappa shape index (κ1) is 12.9. The summed E-state index contributed by atoms with van der Waals surface area (Å²) in [4.78, 5) is 10.1. The predicted octanol–water partition coefficient (Wildman–Crippen LogP) is 4.57. The van der Waals surface area contributed by atoms with Crippen LogP contribution >= 0.6 is 0 Å². The Bertz CT molecular complexity index is 606. The van der Waals surface area contributed by atoms with Crippen molar-refractivity contribution in [2.75, 3.05) is 0 Å². The van der Waals surface area contributed by atoms with Crippen LogP contribution in [0, 0.1) is 10.1 Å².